The summed E-state index contributed by atoms with van der Waals surface area (Å²) in [5, 5.41) is 6.37. The highest BCUT2D eigenvalue weighted by molar-refractivity contribution is 7.13. The first-order valence-corrected chi connectivity index (χ1v) is 9.42. The van der Waals surface area contributed by atoms with Crippen molar-refractivity contribution in [3.63, 3.8) is 0 Å². The van der Waals surface area contributed by atoms with Crippen molar-refractivity contribution in [3.8, 4) is 0 Å². The van der Waals surface area contributed by atoms with Crippen LogP contribution in [0.15, 0.2) is 29.7 Å². The molecule has 1 fully saturated rings. The number of ether oxygens (including phenoxy) is 1. The van der Waals surface area contributed by atoms with Gasteiger partial charge in [-0.25, -0.2) is 4.98 Å². The molecule has 132 valence electrons. The number of morpholine rings is 1. The molecule has 25 heavy (non-hydrogen) atoms. The summed E-state index contributed by atoms with van der Waals surface area (Å²) in [5.74, 6) is -0.252. The zero-order chi connectivity index (χ0) is 17.6. The van der Waals surface area contributed by atoms with Crippen LogP contribution in [0.25, 0.3) is 6.08 Å². The van der Waals surface area contributed by atoms with Gasteiger partial charge in [-0.05, 0) is 23.8 Å². The Morgan fingerprint density at radius 3 is 2.92 bits per heavy atom. The first-order chi connectivity index (χ1) is 12.1. The molecule has 1 amide bonds. The number of rotatable bonds is 5. The number of nitrogens with one attached hydrogen (secondary N) is 1. The van der Waals surface area contributed by atoms with Gasteiger partial charge in [0.05, 0.1) is 18.9 Å². The zero-order valence-electron chi connectivity index (χ0n) is 13.4. The van der Waals surface area contributed by atoms with Crippen LogP contribution >= 0.6 is 34.5 Å². The van der Waals surface area contributed by atoms with Crippen LogP contribution in [0, 0.1) is 0 Å². The first kappa shape index (κ1) is 18.4. The molecule has 1 saturated heterocycles. The Hall–Kier alpha value is -1.44. The van der Waals surface area contributed by atoms with Crippen molar-refractivity contribution in [1.82, 2.24) is 9.88 Å². The van der Waals surface area contributed by atoms with E-state index in [4.69, 9.17) is 27.9 Å². The highest BCUT2D eigenvalue weighted by Crippen LogP contribution is 2.22. The van der Waals surface area contributed by atoms with E-state index >= 15 is 0 Å². The number of benzene rings is 1. The maximum Gasteiger partial charge on any atom is 0.250 e. The molecule has 0 atom stereocenters. The number of aromatic nitrogens is 1. The fourth-order valence-corrected chi connectivity index (χ4v) is 3.55. The van der Waals surface area contributed by atoms with Crippen LogP contribution < -0.4 is 5.32 Å². The van der Waals surface area contributed by atoms with Gasteiger partial charge in [0.2, 0.25) is 5.91 Å². The van der Waals surface area contributed by atoms with Crippen molar-refractivity contribution >= 4 is 51.7 Å². The Morgan fingerprint density at radius 2 is 2.16 bits per heavy atom. The molecule has 5 nitrogen and oxygen atoms in total. The fraction of sp³-hybridized carbons (Fsp3) is 0.294. The molecule has 1 aliphatic heterocycles. The SMILES string of the molecule is O=C(/C=C/c1ccc(Cl)cc1Cl)Nc1nc(CN2CCOCC2)cs1. The van der Waals surface area contributed by atoms with E-state index in [1.54, 1.807) is 24.3 Å². The molecular weight excluding hydrogens is 381 g/mol. The topological polar surface area (TPSA) is 54.5 Å². The van der Waals surface area contributed by atoms with Gasteiger partial charge in [0.1, 0.15) is 0 Å². The van der Waals surface area contributed by atoms with E-state index in [0.717, 1.165) is 44.1 Å². The second-order valence-electron chi connectivity index (χ2n) is 5.52. The molecule has 1 aromatic carbocycles. The van der Waals surface area contributed by atoms with Crippen LogP contribution in [0.3, 0.4) is 0 Å². The molecule has 8 heteroatoms. The highest BCUT2D eigenvalue weighted by Gasteiger charge is 2.13. The van der Waals surface area contributed by atoms with E-state index in [1.165, 1.54) is 17.4 Å². The Morgan fingerprint density at radius 1 is 1.36 bits per heavy atom. The van der Waals surface area contributed by atoms with Gasteiger partial charge < -0.3 is 4.74 Å². The maximum atomic E-state index is 12.0. The smallest absolute Gasteiger partial charge is 0.250 e. The van der Waals surface area contributed by atoms with Gasteiger partial charge >= 0.3 is 0 Å². The summed E-state index contributed by atoms with van der Waals surface area (Å²) in [4.78, 5) is 18.8. The molecule has 2 aromatic rings. The van der Waals surface area contributed by atoms with Gasteiger partial charge in [0, 0.05) is 41.1 Å². The molecule has 0 spiro atoms. The van der Waals surface area contributed by atoms with Gasteiger partial charge in [-0.1, -0.05) is 29.3 Å². The minimum absolute atomic E-state index is 0.252. The van der Waals surface area contributed by atoms with Crippen molar-refractivity contribution in [3.05, 3.63) is 51.0 Å². The first-order valence-electron chi connectivity index (χ1n) is 7.79. The molecule has 3 rings (SSSR count). The van der Waals surface area contributed by atoms with E-state index < -0.39 is 0 Å². The summed E-state index contributed by atoms with van der Waals surface area (Å²) in [6.45, 7) is 4.09. The van der Waals surface area contributed by atoms with E-state index in [-0.39, 0.29) is 5.91 Å². The number of carbonyl (C=O) groups is 1. The molecule has 1 aromatic heterocycles. The summed E-state index contributed by atoms with van der Waals surface area (Å²) in [5.41, 5.74) is 1.68. The van der Waals surface area contributed by atoms with Crippen LogP contribution in [0.5, 0.6) is 0 Å². The third-order valence-electron chi connectivity index (χ3n) is 3.65. The molecule has 0 saturated carbocycles. The lowest BCUT2D eigenvalue weighted by atomic mass is 10.2. The third kappa shape index (κ3) is 5.52. The van der Waals surface area contributed by atoms with Crippen LogP contribution in [-0.2, 0) is 16.1 Å². The molecular formula is C17H17Cl2N3O2S. The summed E-state index contributed by atoms with van der Waals surface area (Å²) < 4.78 is 5.33. The Balaban J connectivity index is 1.55. The number of amides is 1. The summed E-state index contributed by atoms with van der Waals surface area (Å²) in [6, 6.07) is 5.13. The Labute approximate surface area is 160 Å². The summed E-state index contributed by atoms with van der Waals surface area (Å²) in [6.07, 6.45) is 3.08. The molecule has 2 heterocycles. The third-order valence-corrected chi connectivity index (χ3v) is 5.02. The van der Waals surface area contributed by atoms with Crippen molar-refractivity contribution in [2.24, 2.45) is 0 Å². The lowest BCUT2D eigenvalue weighted by molar-refractivity contribution is -0.111. The quantitative estimate of drug-likeness (QED) is 0.776. The monoisotopic (exact) mass is 397 g/mol. The number of hydrogen-bond acceptors (Lipinski definition) is 5. The van der Waals surface area contributed by atoms with Crippen LogP contribution in [-0.4, -0.2) is 42.1 Å². The number of halogens is 2. The second kappa shape index (κ2) is 8.78. The van der Waals surface area contributed by atoms with Gasteiger partial charge in [0.25, 0.3) is 0 Å². The lowest BCUT2D eigenvalue weighted by Gasteiger charge is -2.25. The summed E-state index contributed by atoms with van der Waals surface area (Å²) >= 11 is 13.3. The molecule has 1 N–H and O–H groups in total. The van der Waals surface area contributed by atoms with Crippen molar-refractivity contribution in [2.75, 3.05) is 31.6 Å². The van der Waals surface area contributed by atoms with E-state index in [9.17, 15) is 4.79 Å². The minimum atomic E-state index is -0.252. The van der Waals surface area contributed by atoms with Gasteiger partial charge in [-0.15, -0.1) is 11.3 Å². The Kier molecular flexibility index (Phi) is 6.45. The standard InChI is InChI=1S/C17H17Cl2N3O2S/c18-13-3-1-12(15(19)9-13)2-4-16(23)21-17-20-14(11-25-17)10-22-5-7-24-8-6-22/h1-4,9,11H,5-8,10H2,(H,20,21,23)/b4-2+. The van der Waals surface area contributed by atoms with Crippen molar-refractivity contribution < 1.29 is 9.53 Å². The number of thiazole rings is 1. The molecule has 1 aliphatic rings. The molecule has 0 bridgehead atoms. The molecule has 0 aliphatic carbocycles. The van der Waals surface area contributed by atoms with E-state index in [1.807, 2.05) is 5.38 Å². The van der Waals surface area contributed by atoms with Crippen LogP contribution in [0.1, 0.15) is 11.3 Å². The number of anilines is 1. The number of nitrogens with zero attached hydrogens (tertiary/aromatic N) is 2. The van der Waals surface area contributed by atoms with Gasteiger partial charge in [0.15, 0.2) is 5.13 Å². The summed E-state index contributed by atoms with van der Waals surface area (Å²) in [7, 11) is 0. The van der Waals surface area contributed by atoms with Crippen molar-refractivity contribution in [1.29, 1.82) is 0 Å². The second-order valence-corrected chi connectivity index (χ2v) is 7.22. The van der Waals surface area contributed by atoms with E-state index in [0.29, 0.717) is 15.2 Å². The van der Waals surface area contributed by atoms with Crippen molar-refractivity contribution in [2.45, 2.75) is 6.54 Å². The largest absolute Gasteiger partial charge is 0.379 e. The average molecular weight is 398 g/mol. The van der Waals surface area contributed by atoms with Crippen LogP contribution in [0.4, 0.5) is 5.13 Å². The predicted molar refractivity (Wildman–Crippen MR) is 102 cm³/mol. The van der Waals surface area contributed by atoms with E-state index in [2.05, 4.69) is 15.2 Å². The Bertz CT molecular complexity index is 773. The van der Waals surface area contributed by atoms with Crippen LogP contribution in [0.2, 0.25) is 10.0 Å². The normalized spacial score (nSPS) is 15.6. The molecule has 0 unspecified atom stereocenters. The highest BCUT2D eigenvalue weighted by atomic mass is 35.5. The number of carbonyl (C=O) groups excluding carboxylic acids is 1. The maximum absolute atomic E-state index is 12.0. The van der Waals surface area contributed by atoms with Gasteiger partial charge in [-0.3, -0.25) is 15.0 Å². The fourth-order valence-electron chi connectivity index (χ4n) is 2.37. The predicted octanol–water partition coefficient (Wildman–Crippen LogP) is 3.93. The average Bonchev–Trinajstić information content (AvgIpc) is 3.02. The number of hydrogen-bond donors (Lipinski definition) is 1. The molecule has 0 radical (unpaired) electrons. The minimum Gasteiger partial charge on any atom is -0.379 e. The zero-order valence-corrected chi connectivity index (χ0v) is 15.7. The lowest BCUT2D eigenvalue weighted by Crippen LogP contribution is -2.35. The van der Waals surface area contributed by atoms with Gasteiger partial charge in [-0.2, -0.15) is 0 Å².